The van der Waals surface area contributed by atoms with E-state index >= 15 is 0 Å². The van der Waals surface area contributed by atoms with E-state index in [4.69, 9.17) is 11.6 Å². The molecule has 0 spiro atoms. The van der Waals surface area contributed by atoms with Crippen LogP contribution in [0.1, 0.15) is 19.4 Å². The van der Waals surface area contributed by atoms with E-state index in [2.05, 4.69) is 15.9 Å². The van der Waals surface area contributed by atoms with Gasteiger partial charge in [0.2, 0.25) is 0 Å². The summed E-state index contributed by atoms with van der Waals surface area (Å²) in [7, 11) is 0. The zero-order valence-electron chi connectivity index (χ0n) is 7.24. The number of halogens is 3. The highest BCUT2D eigenvalue weighted by atomic mass is 79.9. The van der Waals surface area contributed by atoms with Crippen molar-refractivity contribution in [3.63, 3.8) is 0 Å². The molecule has 72 valence electrons. The molecular weight excluding hydrogens is 258 g/mol. The standard InChI is InChI=1S/C9H9BrClFO/c1-9(2,13)7-6(12)4-3-5(11)8(7)10/h3-4,13H,1-2H3. The van der Waals surface area contributed by atoms with Crippen molar-refractivity contribution in [3.05, 3.63) is 33.0 Å². The van der Waals surface area contributed by atoms with Crippen LogP contribution < -0.4 is 0 Å². The maximum atomic E-state index is 13.3. The van der Waals surface area contributed by atoms with Crippen molar-refractivity contribution in [2.45, 2.75) is 19.4 Å². The van der Waals surface area contributed by atoms with Crippen molar-refractivity contribution in [3.8, 4) is 0 Å². The summed E-state index contributed by atoms with van der Waals surface area (Å²) in [5.41, 5.74) is -1.06. The molecule has 0 aliphatic heterocycles. The first kappa shape index (κ1) is 11.0. The lowest BCUT2D eigenvalue weighted by molar-refractivity contribution is 0.0737. The van der Waals surface area contributed by atoms with Gasteiger partial charge in [0.15, 0.2) is 0 Å². The van der Waals surface area contributed by atoms with E-state index in [0.29, 0.717) is 9.50 Å². The van der Waals surface area contributed by atoms with Crippen LogP contribution in [0.25, 0.3) is 0 Å². The molecule has 13 heavy (non-hydrogen) atoms. The molecule has 0 aliphatic rings. The minimum Gasteiger partial charge on any atom is -0.386 e. The van der Waals surface area contributed by atoms with Gasteiger partial charge >= 0.3 is 0 Å². The van der Waals surface area contributed by atoms with Crippen LogP contribution >= 0.6 is 27.5 Å². The van der Waals surface area contributed by atoms with E-state index in [1.165, 1.54) is 26.0 Å². The molecule has 0 bridgehead atoms. The van der Waals surface area contributed by atoms with Gasteiger partial charge in [0.25, 0.3) is 0 Å². The highest BCUT2D eigenvalue weighted by Crippen LogP contribution is 2.35. The van der Waals surface area contributed by atoms with Crippen LogP contribution in [-0.2, 0) is 5.60 Å². The third kappa shape index (κ3) is 2.22. The molecule has 0 atom stereocenters. The topological polar surface area (TPSA) is 20.2 Å². The molecule has 0 amide bonds. The molecule has 0 aliphatic carbocycles. The summed E-state index contributed by atoms with van der Waals surface area (Å²) in [5, 5.41) is 10.0. The Morgan fingerprint density at radius 3 is 2.38 bits per heavy atom. The lowest BCUT2D eigenvalue weighted by atomic mass is 9.98. The largest absolute Gasteiger partial charge is 0.386 e. The zero-order valence-corrected chi connectivity index (χ0v) is 9.58. The lowest BCUT2D eigenvalue weighted by Gasteiger charge is -2.20. The van der Waals surface area contributed by atoms with Crippen molar-refractivity contribution in [1.29, 1.82) is 0 Å². The minimum absolute atomic E-state index is 0.181. The molecule has 0 saturated heterocycles. The molecule has 0 saturated carbocycles. The molecular formula is C9H9BrClFO. The average molecular weight is 268 g/mol. The Bertz CT molecular complexity index is 333. The van der Waals surface area contributed by atoms with E-state index in [-0.39, 0.29) is 5.56 Å². The highest BCUT2D eigenvalue weighted by Gasteiger charge is 2.24. The minimum atomic E-state index is -1.24. The maximum absolute atomic E-state index is 13.3. The lowest BCUT2D eigenvalue weighted by Crippen LogP contribution is -2.18. The van der Waals surface area contributed by atoms with E-state index < -0.39 is 11.4 Å². The molecule has 4 heteroatoms. The first-order chi connectivity index (χ1) is 5.84. The van der Waals surface area contributed by atoms with Crippen LogP contribution in [0.2, 0.25) is 5.02 Å². The molecule has 0 aromatic heterocycles. The van der Waals surface area contributed by atoms with Crippen molar-refractivity contribution in [2.75, 3.05) is 0 Å². The van der Waals surface area contributed by atoms with Crippen molar-refractivity contribution < 1.29 is 9.50 Å². The van der Waals surface area contributed by atoms with Crippen LogP contribution in [-0.4, -0.2) is 5.11 Å². The quantitative estimate of drug-likeness (QED) is 0.773. The number of aliphatic hydroxyl groups is 1. The fraction of sp³-hybridized carbons (Fsp3) is 0.333. The molecule has 1 aromatic carbocycles. The van der Waals surface area contributed by atoms with Crippen LogP contribution in [0.5, 0.6) is 0 Å². The first-order valence-electron chi connectivity index (χ1n) is 3.70. The predicted molar refractivity (Wildman–Crippen MR) is 54.4 cm³/mol. The van der Waals surface area contributed by atoms with Gasteiger partial charge in [-0.25, -0.2) is 4.39 Å². The van der Waals surface area contributed by atoms with Crippen LogP contribution in [0, 0.1) is 5.82 Å². The summed E-state index contributed by atoms with van der Waals surface area (Å²) >= 11 is 8.90. The van der Waals surface area contributed by atoms with E-state index in [1.807, 2.05) is 0 Å². The summed E-state index contributed by atoms with van der Waals surface area (Å²) in [4.78, 5) is 0. The number of hydrogen-bond acceptors (Lipinski definition) is 1. The molecule has 1 aromatic rings. The maximum Gasteiger partial charge on any atom is 0.130 e. The molecule has 0 radical (unpaired) electrons. The molecule has 1 N–H and O–H groups in total. The third-order valence-electron chi connectivity index (χ3n) is 1.66. The second-order valence-electron chi connectivity index (χ2n) is 3.28. The monoisotopic (exact) mass is 266 g/mol. The van der Waals surface area contributed by atoms with Gasteiger partial charge in [-0.1, -0.05) is 11.6 Å². The Morgan fingerprint density at radius 2 is 2.00 bits per heavy atom. The van der Waals surface area contributed by atoms with Gasteiger partial charge in [-0.3, -0.25) is 0 Å². The van der Waals surface area contributed by atoms with E-state index in [9.17, 15) is 9.50 Å². The normalized spacial score (nSPS) is 11.8. The number of benzene rings is 1. The third-order valence-corrected chi connectivity index (χ3v) is 3.02. The summed E-state index contributed by atoms with van der Waals surface area (Å²) in [5.74, 6) is -0.469. The van der Waals surface area contributed by atoms with Gasteiger partial charge < -0.3 is 5.11 Å². The predicted octanol–water partition coefficient (Wildman–Crippen LogP) is 3.47. The second kappa shape index (κ2) is 3.56. The SMILES string of the molecule is CC(C)(O)c1c(F)ccc(Cl)c1Br. The molecule has 1 rings (SSSR count). The van der Waals surface area contributed by atoms with Crippen LogP contribution in [0.15, 0.2) is 16.6 Å². The van der Waals surface area contributed by atoms with Crippen LogP contribution in [0.4, 0.5) is 4.39 Å². The Morgan fingerprint density at radius 1 is 1.46 bits per heavy atom. The zero-order chi connectivity index (χ0) is 10.2. The second-order valence-corrected chi connectivity index (χ2v) is 4.48. The van der Waals surface area contributed by atoms with Gasteiger partial charge in [0.1, 0.15) is 5.82 Å². The highest BCUT2D eigenvalue weighted by molar-refractivity contribution is 9.10. The summed E-state index contributed by atoms with van der Waals surface area (Å²) in [6.07, 6.45) is 0. The Hall–Kier alpha value is -0.120. The fourth-order valence-electron chi connectivity index (χ4n) is 1.09. The molecule has 0 heterocycles. The van der Waals surface area contributed by atoms with Crippen molar-refractivity contribution in [1.82, 2.24) is 0 Å². The van der Waals surface area contributed by atoms with Crippen LogP contribution in [0.3, 0.4) is 0 Å². The average Bonchev–Trinajstić information content (AvgIpc) is 1.95. The molecule has 0 fully saturated rings. The van der Waals surface area contributed by atoms with E-state index in [0.717, 1.165) is 0 Å². The Labute approximate surface area is 89.7 Å². The Balaban J connectivity index is 3.43. The smallest absolute Gasteiger partial charge is 0.130 e. The van der Waals surface area contributed by atoms with E-state index in [1.54, 1.807) is 0 Å². The fourth-order valence-corrected chi connectivity index (χ4v) is 2.05. The van der Waals surface area contributed by atoms with Crippen molar-refractivity contribution >= 4 is 27.5 Å². The van der Waals surface area contributed by atoms with Crippen molar-refractivity contribution in [2.24, 2.45) is 0 Å². The molecule has 1 nitrogen and oxygen atoms in total. The van der Waals surface area contributed by atoms with Gasteiger partial charge in [-0.05, 0) is 41.9 Å². The van der Waals surface area contributed by atoms with Gasteiger partial charge in [-0.15, -0.1) is 0 Å². The number of rotatable bonds is 1. The number of hydrogen-bond donors (Lipinski definition) is 1. The van der Waals surface area contributed by atoms with Gasteiger partial charge in [0, 0.05) is 10.0 Å². The van der Waals surface area contributed by atoms with Gasteiger partial charge in [-0.2, -0.15) is 0 Å². The molecule has 0 unspecified atom stereocenters. The summed E-state index contributed by atoms with van der Waals surface area (Å²) in [6, 6.07) is 2.68. The Kier molecular flexibility index (Phi) is 3.00. The van der Waals surface area contributed by atoms with Gasteiger partial charge in [0.05, 0.1) is 10.6 Å². The summed E-state index contributed by atoms with van der Waals surface area (Å²) in [6.45, 7) is 3.01. The summed E-state index contributed by atoms with van der Waals surface area (Å²) < 4.78 is 13.7. The first-order valence-corrected chi connectivity index (χ1v) is 4.87.